The lowest BCUT2D eigenvalue weighted by atomic mass is 9.99. The Labute approximate surface area is 232 Å². The van der Waals surface area contributed by atoms with Crippen molar-refractivity contribution in [2.24, 2.45) is 0 Å². The number of amides is 1. The van der Waals surface area contributed by atoms with Gasteiger partial charge in [0.05, 0.1) is 17.9 Å². The molecule has 0 spiro atoms. The Morgan fingerprint density at radius 1 is 1.16 bits per heavy atom. The average molecular weight is 520 g/mol. The predicted molar refractivity (Wildman–Crippen MR) is 164 cm³/mol. The first kappa shape index (κ1) is 34.5. The normalized spacial score (nSPS) is 11.9. The van der Waals surface area contributed by atoms with Crippen LogP contribution in [0.1, 0.15) is 83.9 Å². The third kappa shape index (κ3) is 11.3. The SMILES string of the molecule is C=C\C(C#N)=C(Nc1ccc(C)c(/C=C\C)c1C)/C(=C\C)/C=C/CCCOC(=O)N(CCC)CCC.CC. The summed E-state index contributed by atoms with van der Waals surface area (Å²) in [6, 6.07) is 6.38. The molecule has 0 aliphatic carbocycles. The second-order valence-electron chi connectivity index (χ2n) is 8.59. The molecule has 0 unspecified atom stereocenters. The number of allylic oxidation sites excluding steroid dienone is 6. The summed E-state index contributed by atoms with van der Waals surface area (Å²) in [5.74, 6) is 0. The monoisotopic (exact) mass is 519 g/mol. The van der Waals surface area contributed by atoms with E-state index in [0.717, 1.165) is 55.6 Å². The van der Waals surface area contributed by atoms with Crippen molar-refractivity contribution in [1.29, 1.82) is 5.26 Å². The van der Waals surface area contributed by atoms with E-state index in [-0.39, 0.29) is 6.09 Å². The van der Waals surface area contributed by atoms with Crippen molar-refractivity contribution in [3.05, 3.63) is 82.6 Å². The van der Waals surface area contributed by atoms with E-state index in [9.17, 15) is 10.1 Å². The number of nitriles is 1. The van der Waals surface area contributed by atoms with Crippen molar-refractivity contribution in [1.82, 2.24) is 4.90 Å². The molecule has 0 saturated carbocycles. The molecule has 0 saturated heterocycles. The summed E-state index contributed by atoms with van der Waals surface area (Å²) in [6.45, 7) is 21.9. The lowest BCUT2D eigenvalue weighted by Gasteiger charge is -2.20. The molecular weight excluding hydrogens is 470 g/mol. The summed E-state index contributed by atoms with van der Waals surface area (Å²) in [6.07, 6.45) is 14.8. The van der Waals surface area contributed by atoms with Gasteiger partial charge in [0.25, 0.3) is 0 Å². The van der Waals surface area contributed by atoms with Gasteiger partial charge in [-0.3, -0.25) is 0 Å². The number of hydrogen-bond acceptors (Lipinski definition) is 4. The first-order chi connectivity index (χ1) is 18.4. The Balaban J connectivity index is 0.00000667. The number of benzene rings is 1. The van der Waals surface area contributed by atoms with Crippen LogP contribution in [0.25, 0.3) is 6.08 Å². The van der Waals surface area contributed by atoms with Gasteiger partial charge in [-0.15, -0.1) is 0 Å². The Hall–Kier alpha value is -3.52. The molecule has 0 aliphatic rings. The third-order valence-corrected chi connectivity index (χ3v) is 5.80. The highest BCUT2D eigenvalue weighted by molar-refractivity contribution is 5.71. The van der Waals surface area contributed by atoms with Crippen LogP contribution < -0.4 is 5.32 Å². The van der Waals surface area contributed by atoms with E-state index in [1.807, 2.05) is 58.1 Å². The molecule has 0 bridgehead atoms. The van der Waals surface area contributed by atoms with Crippen LogP contribution >= 0.6 is 0 Å². The van der Waals surface area contributed by atoms with Crippen molar-refractivity contribution in [2.45, 2.75) is 81.1 Å². The van der Waals surface area contributed by atoms with Crippen LogP contribution in [-0.4, -0.2) is 30.7 Å². The second kappa shape index (κ2) is 20.5. The molecule has 1 aromatic carbocycles. The molecule has 38 heavy (non-hydrogen) atoms. The maximum Gasteiger partial charge on any atom is 0.409 e. The van der Waals surface area contributed by atoms with Crippen molar-refractivity contribution >= 4 is 17.9 Å². The van der Waals surface area contributed by atoms with Gasteiger partial charge in [-0.1, -0.05) is 70.7 Å². The minimum atomic E-state index is -0.235. The summed E-state index contributed by atoms with van der Waals surface area (Å²) in [5, 5.41) is 13.2. The lowest BCUT2D eigenvalue weighted by molar-refractivity contribution is 0.101. The molecule has 0 heterocycles. The Bertz CT molecular complexity index is 1030. The number of ether oxygens (including phenoxy) is 1. The molecular formula is C33H49N3O2. The predicted octanol–water partition coefficient (Wildman–Crippen LogP) is 9.28. The van der Waals surface area contributed by atoms with Gasteiger partial charge in [0.15, 0.2) is 0 Å². The minimum absolute atomic E-state index is 0.235. The molecule has 5 heteroatoms. The van der Waals surface area contributed by atoms with E-state index >= 15 is 0 Å². The third-order valence-electron chi connectivity index (χ3n) is 5.80. The largest absolute Gasteiger partial charge is 0.449 e. The molecule has 5 nitrogen and oxygen atoms in total. The highest BCUT2D eigenvalue weighted by Gasteiger charge is 2.13. The van der Waals surface area contributed by atoms with Gasteiger partial charge < -0.3 is 15.0 Å². The standard InChI is InChI=1S/C31H43N3O2.C2H6/c1-8-16-28-24(6)18-19-29(25(28)7)33-30(27(12-5)23-32)26(11-4)17-14-13-15-22-36-31(35)34(20-9-2)21-10-3;1-2/h8,11-12,14,16-19,33H,5,9-10,13,15,20-22H2,1-4,6-7H3;1-2H3/b16-8-,17-14+,26-11-,30-27-;. The van der Waals surface area contributed by atoms with Gasteiger partial charge in [0, 0.05) is 18.8 Å². The van der Waals surface area contributed by atoms with E-state index in [2.05, 4.69) is 57.8 Å². The first-order valence-corrected chi connectivity index (χ1v) is 13.9. The van der Waals surface area contributed by atoms with E-state index in [1.165, 1.54) is 11.1 Å². The van der Waals surface area contributed by atoms with Gasteiger partial charge in [-0.2, -0.15) is 5.26 Å². The maximum atomic E-state index is 12.2. The van der Waals surface area contributed by atoms with Crippen molar-refractivity contribution in [3.8, 4) is 6.07 Å². The van der Waals surface area contributed by atoms with Gasteiger partial charge in [0.2, 0.25) is 0 Å². The van der Waals surface area contributed by atoms with Crippen molar-refractivity contribution in [3.63, 3.8) is 0 Å². The number of carbonyl (C=O) groups is 1. The summed E-state index contributed by atoms with van der Waals surface area (Å²) in [7, 11) is 0. The van der Waals surface area contributed by atoms with Crippen molar-refractivity contribution in [2.75, 3.05) is 25.0 Å². The highest BCUT2D eigenvalue weighted by atomic mass is 16.6. The Morgan fingerprint density at radius 2 is 1.82 bits per heavy atom. The van der Waals surface area contributed by atoms with Crippen LogP contribution in [0.4, 0.5) is 10.5 Å². The summed E-state index contributed by atoms with van der Waals surface area (Å²) >= 11 is 0. The quantitative estimate of drug-likeness (QED) is 0.151. The smallest absolute Gasteiger partial charge is 0.409 e. The zero-order chi connectivity index (χ0) is 28.9. The zero-order valence-corrected chi connectivity index (χ0v) is 25.0. The molecule has 208 valence electrons. The molecule has 0 fully saturated rings. The van der Waals surface area contributed by atoms with E-state index in [0.29, 0.717) is 17.9 Å². The lowest BCUT2D eigenvalue weighted by Crippen LogP contribution is -2.33. The minimum Gasteiger partial charge on any atom is -0.449 e. The Morgan fingerprint density at radius 3 is 2.34 bits per heavy atom. The fourth-order valence-electron chi connectivity index (χ4n) is 3.88. The fraction of sp³-hybridized carbons (Fsp3) is 0.455. The molecule has 0 aliphatic heterocycles. The molecule has 0 aromatic heterocycles. The fourth-order valence-corrected chi connectivity index (χ4v) is 3.88. The maximum absolute atomic E-state index is 12.2. The molecule has 0 radical (unpaired) electrons. The van der Waals surface area contributed by atoms with Gasteiger partial charge >= 0.3 is 6.09 Å². The van der Waals surface area contributed by atoms with Gasteiger partial charge in [-0.05, 0) is 87.8 Å². The number of rotatable bonds is 14. The Kier molecular flexibility index (Phi) is 18.6. The number of hydrogen-bond donors (Lipinski definition) is 1. The van der Waals surface area contributed by atoms with E-state index < -0.39 is 0 Å². The van der Waals surface area contributed by atoms with Crippen LogP contribution in [0.5, 0.6) is 0 Å². The number of anilines is 1. The number of nitrogens with one attached hydrogen (secondary N) is 1. The number of unbranched alkanes of at least 4 members (excludes halogenated alkanes) is 1. The molecule has 1 rings (SSSR count). The van der Waals surface area contributed by atoms with Crippen LogP contribution in [0.3, 0.4) is 0 Å². The topological polar surface area (TPSA) is 65.4 Å². The molecule has 1 amide bonds. The van der Waals surface area contributed by atoms with Crippen LogP contribution in [0.15, 0.2) is 65.9 Å². The highest BCUT2D eigenvalue weighted by Crippen LogP contribution is 2.28. The van der Waals surface area contributed by atoms with E-state index in [1.54, 1.807) is 11.0 Å². The average Bonchev–Trinajstić information content (AvgIpc) is 2.93. The van der Waals surface area contributed by atoms with Crippen LogP contribution in [-0.2, 0) is 4.74 Å². The summed E-state index contributed by atoms with van der Waals surface area (Å²) < 4.78 is 5.45. The van der Waals surface area contributed by atoms with Gasteiger partial charge in [-0.25, -0.2) is 4.79 Å². The number of aryl methyl sites for hydroxylation is 1. The number of carbonyl (C=O) groups excluding carboxylic acids is 1. The van der Waals surface area contributed by atoms with E-state index in [4.69, 9.17) is 4.74 Å². The summed E-state index contributed by atoms with van der Waals surface area (Å²) in [5.41, 5.74) is 6.52. The van der Waals surface area contributed by atoms with Gasteiger partial charge in [0.1, 0.15) is 6.07 Å². The second-order valence-corrected chi connectivity index (χ2v) is 8.59. The first-order valence-electron chi connectivity index (χ1n) is 13.9. The molecule has 0 atom stereocenters. The molecule has 1 N–H and O–H groups in total. The molecule has 1 aromatic rings. The van der Waals surface area contributed by atoms with Crippen LogP contribution in [0.2, 0.25) is 0 Å². The zero-order valence-electron chi connectivity index (χ0n) is 25.0. The number of nitrogens with zero attached hydrogens (tertiary/aromatic N) is 2. The van der Waals surface area contributed by atoms with Crippen LogP contribution in [0, 0.1) is 25.2 Å². The van der Waals surface area contributed by atoms with Crippen molar-refractivity contribution < 1.29 is 9.53 Å². The summed E-state index contributed by atoms with van der Waals surface area (Å²) in [4.78, 5) is 14.0.